The van der Waals surface area contributed by atoms with Crippen molar-refractivity contribution >= 4 is 47.3 Å². The van der Waals surface area contributed by atoms with Crippen LogP contribution in [-0.2, 0) is 41.6 Å². The summed E-state index contributed by atoms with van der Waals surface area (Å²) < 4.78 is 0. The summed E-state index contributed by atoms with van der Waals surface area (Å²) in [5.41, 5.74) is 3.05. The van der Waals surface area contributed by atoms with Crippen molar-refractivity contribution in [3.63, 3.8) is 0 Å². The van der Waals surface area contributed by atoms with Gasteiger partial charge in [0.05, 0.1) is 30.2 Å². The predicted molar refractivity (Wildman–Crippen MR) is 281 cm³/mol. The van der Waals surface area contributed by atoms with Crippen LogP contribution in [0.1, 0.15) is 149 Å². The van der Waals surface area contributed by atoms with Gasteiger partial charge in [-0.1, -0.05) is 104 Å². The zero-order valence-electron chi connectivity index (χ0n) is 44.7. The minimum Gasteiger partial charge on any atom is -0.347 e. The summed E-state index contributed by atoms with van der Waals surface area (Å²) in [6.45, 7) is 17.5. The zero-order chi connectivity index (χ0) is 53.8. The Morgan fingerprint density at radius 2 is 0.959 bits per heavy atom. The maximum Gasteiger partial charge on any atom is 0.251 e. The van der Waals surface area contributed by atoms with E-state index < -0.39 is 77.0 Å². The summed E-state index contributed by atoms with van der Waals surface area (Å²) >= 11 is 0. The summed E-state index contributed by atoms with van der Waals surface area (Å²) in [7, 11) is 1.67. The summed E-state index contributed by atoms with van der Waals surface area (Å²) in [5, 5.41) is 21.4. The molecule has 2 aliphatic carbocycles. The molecule has 10 atom stereocenters. The Labute approximate surface area is 435 Å². The second-order valence-corrected chi connectivity index (χ2v) is 22.8. The van der Waals surface area contributed by atoms with Gasteiger partial charge in [0.25, 0.3) is 11.8 Å². The first-order chi connectivity index (χ1) is 35.0. The van der Waals surface area contributed by atoms with Crippen LogP contribution in [0, 0.1) is 16.7 Å². The van der Waals surface area contributed by atoms with Gasteiger partial charge in [-0.25, -0.2) is 0 Å². The van der Waals surface area contributed by atoms with E-state index in [4.69, 9.17) is 0 Å². The van der Waals surface area contributed by atoms with Gasteiger partial charge < -0.3 is 47.0 Å². The van der Waals surface area contributed by atoms with E-state index in [1.807, 2.05) is 104 Å². The van der Waals surface area contributed by atoms with Crippen molar-refractivity contribution in [2.24, 2.45) is 16.7 Å². The second kappa shape index (κ2) is 22.9. The monoisotopic (exact) mass is 1020 g/mol. The molecular weight excluding hydrogens is 939 g/mol. The number of carbonyl (C=O) groups excluding carboxylic acids is 8. The molecule has 17 heteroatoms. The molecule has 2 aliphatic heterocycles. The molecule has 74 heavy (non-hydrogen) atoms. The molecular formula is C57H77N9O8. The summed E-state index contributed by atoms with van der Waals surface area (Å²) in [6.07, 6.45) is 3.69. The highest BCUT2D eigenvalue weighted by molar-refractivity contribution is 5.99. The minimum atomic E-state index is -0.863. The molecule has 7 rings (SSSR count). The number of rotatable bonds is 16. The SMILES string of the molecule is CC[C@@H](C)C(=O)N[C@H](C(=O)N1CCC[C@H]1C(=O)N[C@H]1c2ccccc2C[C@@H]1NC(=O)c1ccc(C(=O)N[C@H]2Cc3ccccc3[C@@H]2NC(=O)[C@@H]2CCCN2C(=O)[C@@H](NC(=O)[C@H](C)NC)C(C)(C)C)cc1)C(C)(C)C. The van der Waals surface area contributed by atoms with Gasteiger partial charge in [0.2, 0.25) is 35.4 Å². The largest absolute Gasteiger partial charge is 0.347 e. The fourth-order valence-corrected chi connectivity index (χ4v) is 10.7. The molecule has 0 aromatic heterocycles. The maximum atomic E-state index is 14.3. The highest BCUT2D eigenvalue weighted by atomic mass is 16.2. The van der Waals surface area contributed by atoms with Gasteiger partial charge in [-0.05, 0) is 116 Å². The Hall–Kier alpha value is -6.62. The van der Waals surface area contributed by atoms with E-state index in [1.54, 1.807) is 48.0 Å². The number of hydrogen-bond acceptors (Lipinski definition) is 9. The van der Waals surface area contributed by atoms with Crippen molar-refractivity contribution in [3.8, 4) is 0 Å². The van der Waals surface area contributed by atoms with Gasteiger partial charge in [-0.3, -0.25) is 38.4 Å². The van der Waals surface area contributed by atoms with Crippen LogP contribution in [0.3, 0.4) is 0 Å². The van der Waals surface area contributed by atoms with Crippen LogP contribution in [0.2, 0.25) is 0 Å². The Morgan fingerprint density at radius 3 is 1.34 bits per heavy atom. The van der Waals surface area contributed by atoms with E-state index in [-0.39, 0.29) is 41.4 Å². The topological polar surface area (TPSA) is 227 Å². The lowest BCUT2D eigenvalue weighted by Gasteiger charge is -2.36. The molecule has 0 radical (unpaired) electrons. The van der Waals surface area contributed by atoms with E-state index in [0.29, 0.717) is 69.2 Å². The van der Waals surface area contributed by atoms with Crippen molar-refractivity contribution in [2.45, 2.75) is 162 Å². The zero-order valence-corrected chi connectivity index (χ0v) is 44.7. The van der Waals surface area contributed by atoms with Crippen molar-refractivity contribution in [3.05, 3.63) is 106 Å². The average Bonchev–Trinajstić information content (AvgIpc) is 4.19. The summed E-state index contributed by atoms with van der Waals surface area (Å²) in [5.74, 6) is -2.87. The Morgan fingerprint density at radius 1 is 0.568 bits per heavy atom. The number of fused-ring (bicyclic) bond motifs is 2. The molecule has 0 saturated carbocycles. The molecule has 7 N–H and O–H groups in total. The van der Waals surface area contributed by atoms with E-state index in [1.165, 1.54) is 0 Å². The fraction of sp³-hybridized carbons (Fsp3) is 0.544. The molecule has 0 spiro atoms. The van der Waals surface area contributed by atoms with Crippen LogP contribution in [0.4, 0.5) is 0 Å². The summed E-state index contributed by atoms with van der Waals surface area (Å²) in [4.78, 5) is 114. The molecule has 4 aliphatic rings. The Kier molecular flexibility index (Phi) is 17.0. The molecule has 3 aromatic carbocycles. The second-order valence-electron chi connectivity index (χ2n) is 22.8. The van der Waals surface area contributed by atoms with E-state index in [2.05, 4.69) is 37.2 Å². The molecule has 0 bridgehead atoms. The van der Waals surface area contributed by atoms with Crippen LogP contribution in [0.15, 0.2) is 72.8 Å². The van der Waals surface area contributed by atoms with Crippen molar-refractivity contribution in [1.29, 1.82) is 0 Å². The van der Waals surface area contributed by atoms with Crippen LogP contribution < -0.4 is 37.2 Å². The fourth-order valence-electron chi connectivity index (χ4n) is 10.7. The quantitative estimate of drug-likeness (QED) is 0.108. The maximum absolute atomic E-state index is 14.3. The number of nitrogens with one attached hydrogen (secondary N) is 7. The van der Waals surface area contributed by atoms with Gasteiger partial charge in [-0.15, -0.1) is 0 Å². The first-order valence-electron chi connectivity index (χ1n) is 26.4. The lowest BCUT2D eigenvalue weighted by Crippen LogP contribution is -2.59. The van der Waals surface area contributed by atoms with Crippen LogP contribution in [0.25, 0.3) is 0 Å². The first kappa shape index (κ1) is 55.1. The molecule has 2 saturated heterocycles. The third kappa shape index (κ3) is 12.1. The van der Waals surface area contributed by atoms with Gasteiger partial charge in [0.15, 0.2) is 0 Å². The molecule has 17 nitrogen and oxygen atoms in total. The number of hydrogen-bond donors (Lipinski definition) is 7. The van der Waals surface area contributed by atoms with Gasteiger partial charge in [-0.2, -0.15) is 0 Å². The molecule has 0 unspecified atom stereocenters. The standard InChI is InChI=1S/C57H77N9O8/c1-11-32(2)48(67)63-46(56(4,5)6)54(73)65-28-16-22-42(65)52(71)61-44-38-20-14-12-18-36(38)30-40(44)59-50(69)34-24-26-35(27-25-34)51(70)60-41-31-37-19-13-15-21-39(37)45(41)62-53(72)43-23-17-29-66(43)55(74)47(57(7,8)9)64-49(68)33(3)58-10/h12-15,18-21,24-27,32-33,40-47,58H,11,16-17,22-23,28-31H2,1-10H3,(H,59,69)(H,60,70)(H,61,71)(H,62,72)(H,63,67)(H,64,68)/t32-,33+,40+,41+,42+,43+,44+,45+,46-,47-/m1/s1. The number of likely N-dealkylation sites (tertiary alicyclic amines) is 2. The molecule has 398 valence electrons. The first-order valence-corrected chi connectivity index (χ1v) is 26.4. The van der Waals surface area contributed by atoms with Crippen molar-refractivity contribution < 1.29 is 38.4 Å². The van der Waals surface area contributed by atoms with Crippen LogP contribution in [0.5, 0.6) is 0 Å². The van der Waals surface area contributed by atoms with Crippen molar-refractivity contribution in [2.75, 3.05) is 20.1 Å². The Balaban J connectivity index is 1.00. The van der Waals surface area contributed by atoms with E-state index in [0.717, 1.165) is 22.3 Å². The van der Waals surface area contributed by atoms with E-state index in [9.17, 15) is 38.4 Å². The molecule has 3 aromatic rings. The van der Waals surface area contributed by atoms with Crippen molar-refractivity contribution in [1.82, 2.24) is 47.0 Å². The van der Waals surface area contributed by atoms with Gasteiger partial charge >= 0.3 is 0 Å². The normalized spacial score (nSPS) is 22.8. The Bertz CT molecular complexity index is 2430. The van der Waals surface area contributed by atoms with Crippen LogP contribution >= 0.6 is 0 Å². The average molecular weight is 1020 g/mol. The highest BCUT2D eigenvalue weighted by Gasteiger charge is 2.46. The number of nitrogens with zero attached hydrogens (tertiary/aromatic N) is 2. The molecule has 8 amide bonds. The predicted octanol–water partition coefficient (Wildman–Crippen LogP) is 4.41. The highest BCUT2D eigenvalue weighted by Crippen LogP contribution is 2.35. The number of carbonyl (C=O) groups is 8. The minimum absolute atomic E-state index is 0.203. The number of likely N-dealkylation sites (N-methyl/N-ethyl adjacent to an activating group) is 1. The molecule has 2 heterocycles. The number of amides is 8. The van der Waals surface area contributed by atoms with Gasteiger partial charge in [0.1, 0.15) is 24.2 Å². The smallest absolute Gasteiger partial charge is 0.251 e. The van der Waals surface area contributed by atoms with Gasteiger partial charge in [0, 0.05) is 30.1 Å². The van der Waals surface area contributed by atoms with E-state index >= 15 is 0 Å². The summed E-state index contributed by atoms with van der Waals surface area (Å²) in [6, 6.07) is 15.7. The third-order valence-corrected chi connectivity index (χ3v) is 15.5. The lowest BCUT2D eigenvalue weighted by molar-refractivity contribution is -0.144. The number of benzene rings is 3. The molecule has 2 fully saturated rings. The third-order valence-electron chi connectivity index (χ3n) is 15.5. The van der Waals surface area contributed by atoms with Crippen LogP contribution in [-0.4, -0.2) is 119 Å². The lowest BCUT2D eigenvalue weighted by atomic mass is 9.85.